The Kier molecular flexibility index (Phi) is 11.0. The molecule has 2 amide bonds. The van der Waals surface area contributed by atoms with Crippen LogP contribution in [0.5, 0.6) is 0 Å². The zero-order valence-electron chi connectivity index (χ0n) is 15.5. The number of carbonyl (C=O) groups excluding carboxylic acids is 3. The number of hydrogen-bond donors (Lipinski definition) is 2. The molecule has 1 aromatic carbocycles. The van der Waals surface area contributed by atoms with Gasteiger partial charge in [-0.1, -0.05) is 30.3 Å². The summed E-state index contributed by atoms with van der Waals surface area (Å²) in [4.78, 5) is 34.3. The van der Waals surface area contributed by atoms with Gasteiger partial charge in [-0.05, 0) is 32.8 Å². The average molecular weight is 374 g/mol. The molecule has 0 unspecified atom stereocenters. The van der Waals surface area contributed by atoms with Crippen LogP contribution in [0.4, 0.5) is 9.59 Å². The maximum Gasteiger partial charge on any atom is 1.00 e. The van der Waals surface area contributed by atoms with Crippen LogP contribution in [0.1, 0.15) is 32.8 Å². The molecule has 1 aromatic rings. The minimum atomic E-state index is -1.47. The van der Waals surface area contributed by atoms with Gasteiger partial charge in [-0.2, -0.15) is 0 Å². The van der Waals surface area contributed by atoms with Gasteiger partial charge in [0.1, 0.15) is 12.2 Å². The number of benzene rings is 1. The summed E-state index contributed by atoms with van der Waals surface area (Å²) in [5.41, 5.74) is 0.117. The number of hydrogen-bond acceptors (Lipinski definition) is 6. The fraction of sp³-hybridized carbons (Fsp3) is 0.471. The van der Waals surface area contributed by atoms with Gasteiger partial charge in [0.05, 0.1) is 12.0 Å². The zero-order chi connectivity index (χ0) is 18.9. The van der Waals surface area contributed by atoms with Crippen LogP contribution in [0.3, 0.4) is 0 Å². The van der Waals surface area contributed by atoms with Gasteiger partial charge in [-0.3, -0.25) is 0 Å². The van der Waals surface area contributed by atoms with E-state index in [0.717, 1.165) is 5.56 Å². The van der Waals surface area contributed by atoms with Crippen LogP contribution in [0.25, 0.3) is 0 Å². The van der Waals surface area contributed by atoms with Gasteiger partial charge in [-0.25, -0.2) is 9.59 Å². The van der Waals surface area contributed by atoms with Crippen molar-refractivity contribution in [2.24, 2.45) is 0 Å². The second-order valence-electron chi connectivity index (χ2n) is 6.30. The van der Waals surface area contributed by atoms with Crippen molar-refractivity contribution >= 4 is 18.2 Å². The fourth-order valence-electron chi connectivity index (χ4n) is 1.79. The molecule has 8 nitrogen and oxygen atoms in total. The molecule has 26 heavy (non-hydrogen) atoms. The molecule has 9 heteroatoms. The van der Waals surface area contributed by atoms with Crippen LogP contribution in [0.15, 0.2) is 30.3 Å². The van der Waals surface area contributed by atoms with E-state index in [1.165, 1.54) is 0 Å². The monoisotopic (exact) mass is 374 g/mol. The fourth-order valence-corrected chi connectivity index (χ4v) is 1.79. The molecule has 0 aromatic heterocycles. The van der Waals surface area contributed by atoms with Gasteiger partial charge < -0.3 is 30.0 Å². The first-order chi connectivity index (χ1) is 11.7. The molecule has 0 spiro atoms. The van der Waals surface area contributed by atoms with Crippen LogP contribution in [0, 0.1) is 0 Å². The minimum absolute atomic E-state index is 0. The number of alkyl carbamates (subject to hydrolysis) is 2. The molecule has 1 atom stereocenters. The van der Waals surface area contributed by atoms with Crippen molar-refractivity contribution in [3.05, 3.63) is 35.9 Å². The molecular formula is C17H23N2NaO6. The number of ether oxygens (including phenoxy) is 2. The van der Waals surface area contributed by atoms with Gasteiger partial charge in [-0.15, -0.1) is 0 Å². The van der Waals surface area contributed by atoms with E-state index in [9.17, 15) is 19.5 Å². The maximum atomic E-state index is 11.7. The smallest absolute Gasteiger partial charge is 0.548 e. The van der Waals surface area contributed by atoms with Crippen molar-refractivity contribution in [3.8, 4) is 0 Å². The first kappa shape index (κ1) is 24.2. The molecular weight excluding hydrogens is 351 g/mol. The second kappa shape index (κ2) is 11.8. The summed E-state index contributed by atoms with van der Waals surface area (Å²) >= 11 is 0. The Labute approximate surface area is 174 Å². The number of aliphatic carboxylic acids is 1. The third-order valence-electron chi connectivity index (χ3n) is 2.89. The number of rotatable bonds is 7. The number of nitrogens with one attached hydrogen (secondary N) is 2. The Morgan fingerprint density at radius 3 is 2.27 bits per heavy atom. The summed E-state index contributed by atoms with van der Waals surface area (Å²) in [6.45, 7) is 5.14. The summed E-state index contributed by atoms with van der Waals surface area (Å²) in [5.74, 6) is -1.47. The molecule has 0 aliphatic carbocycles. The summed E-state index contributed by atoms with van der Waals surface area (Å²) in [6, 6.07) is 7.67. The van der Waals surface area contributed by atoms with E-state index >= 15 is 0 Å². The summed E-state index contributed by atoms with van der Waals surface area (Å²) in [5, 5.41) is 15.7. The average Bonchev–Trinajstić information content (AvgIpc) is 2.51. The van der Waals surface area contributed by atoms with Gasteiger partial charge in [0.2, 0.25) is 0 Å². The molecule has 138 valence electrons. The van der Waals surface area contributed by atoms with Crippen LogP contribution in [-0.2, 0) is 20.9 Å². The zero-order valence-corrected chi connectivity index (χ0v) is 17.5. The first-order valence-electron chi connectivity index (χ1n) is 7.82. The summed E-state index contributed by atoms with van der Waals surface area (Å²) in [6.07, 6.45) is -1.62. The van der Waals surface area contributed by atoms with Crippen LogP contribution in [-0.4, -0.2) is 36.3 Å². The predicted octanol–water partition coefficient (Wildman–Crippen LogP) is -2.05. The molecule has 0 saturated heterocycles. The predicted molar refractivity (Wildman–Crippen MR) is 87.4 cm³/mol. The van der Waals surface area contributed by atoms with Crippen molar-refractivity contribution in [1.29, 1.82) is 0 Å². The van der Waals surface area contributed by atoms with Gasteiger partial charge in [0, 0.05) is 6.54 Å². The van der Waals surface area contributed by atoms with Crippen LogP contribution >= 0.6 is 0 Å². The van der Waals surface area contributed by atoms with Gasteiger partial charge in [0.15, 0.2) is 0 Å². The Bertz CT molecular complexity index is 589. The molecule has 0 radical (unpaired) electrons. The van der Waals surface area contributed by atoms with Crippen molar-refractivity contribution in [3.63, 3.8) is 0 Å². The first-order valence-corrected chi connectivity index (χ1v) is 7.82. The topological polar surface area (TPSA) is 117 Å². The molecule has 0 aliphatic rings. The van der Waals surface area contributed by atoms with Crippen molar-refractivity contribution in [2.45, 2.75) is 45.4 Å². The van der Waals surface area contributed by atoms with E-state index < -0.39 is 29.8 Å². The Hall–Kier alpha value is -1.77. The Morgan fingerprint density at radius 2 is 1.73 bits per heavy atom. The molecule has 2 N–H and O–H groups in total. The summed E-state index contributed by atoms with van der Waals surface area (Å²) < 4.78 is 9.97. The Balaban J connectivity index is 0.00000625. The van der Waals surface area contributed by atoms with Crippen LogP contribution < -0.4 is 45.3 Å². The SMILES string of the molecule is CC(C)(C)OC(=O)NCC[C@H](NC(=O)OCc1ccccc1)C(=O)[O-].[Na+]. The van der Waals surface area contributed by atoms with E-state index in [4.69, 9.17) is 9.47 Å². The number of carboxylic acids is 1. The molecule has 1 rings (SSSR count). The van der Waals surface area contributed by atoms with Gasteiger partial charge in [0.25, 0.3) is 0 Å². The molecule has 0 bridgehead atoms. The van der Waals surface area contributed by atoms with Crippen molar-refractivity contribution < 1.29 is 58.5 Å². The van der Waals surface area contributed by atoms with E-state index in [-0.39, 0.29) is 49.1 Å². The molecule has 0 saturated carbocycles. The summed E-state index contributed by atoms with van der Waals surface area (Å²) in [7, 11) is 0. The standard InChI is InChI=1S/C17H24N2O6.Na/c1-17(2,3)25-15(22)18-10-9-13(14(20)21)19-16(23)24-11-12-7-5-4-6-8-12;/h4-8,13H,9-11H2,1-3H3,(H,18,22)(H,19,23)(H,20,21);/q;+1/p-1/t13-;/m0./s1. The Morgan fingerprint density at radius 1 is 1.12 bits per heavy atom. The van der Waals surface area contributed by atoms with E-state index in [1.807, 2.05) is 6.07 Å². The van der Waals surface area contributed by atoms with E-state index in [0.29, 0.717) is 0 Å². The number of carboxylic acid groups (broad SMARTS) is 1. The maximum absolute atomic E-state index is 11.7. The third-order valence-corrected chi connectivity index (χ3v) is 2.89. The second-order valence-corrected chi connectivity index (χ2v) is 6.30. The van der Waals surface area contributed by atoms with E-state index in [2.05, 4.69) is 10.6 Å². The molecule has 0 aliphatic heterocycles. The number of carbonyl (C=O) groups is 3. The normalized spacial score (nSPS) is 11.5. The molecule has 0 fully saturated rings. The molecule has 0 heterocycles. The largest absolute Gasteiger partial charge is 1.00 e. The minimum Gasteiger partial charge on any atom is -0.548 e. The van der Waals surface area contributed by atoms with Gasteiger partial charge >= 0.3 is 41.7 Å². The van der Waals surface area contributed by atoms with E-state index in [1.54, 1.807) is 45.0 Å². The third kappa shape index (κ3) is 11.0. The number of amides is 2. The van der Waals surface area contributed by atoms with Crippen LogP contribution in [0.2, 0.25) is 0 Å². The van der Waals surface area contributed by atoms with Crippen molar-refractivity contribution in [2.75, 3.05) is 6.54 Å². The van der Waals surface area contributed by atoms with Crippen molar-refractivity contribution in [1.82, 2.24) is 10.6 Å². The quantitative estimate of drug-likeness (QED) is 0.531.